The molecule has 1 heterocycles. The Morgan fingerprint density at radius 3 is 2.33 bits per heavy atom. The molecule has 21 heavy (non-hydrogen) atoms. The Labute approximate surface area is 118 Å². The number of aromatic nitrogens is 1. The highest BCUT2D eigenvalue weighted by atomic mass is 32.2. The minimum Gasteiger partial charge on any atom is -0.545 e. The van der Waals surface area contributed by atoms with Crippen molar-refractivity contribution in [2.75, 3.05) is 4.72 Å². The average molecular weight is 314 g/mol. The average Bonchev–Trinajstić information content (AvgIpc) is 2.38. The Balaban J connectivity index is 2.51. The number of hydrogen-bond acceptors (Lipinski definition) is 4. The van der Waals surface area contributed by atoms with Crippen molar-refractivity contribution in [1.82, 2.24) is 0 Å². The van der Waals surface area contributed by atoms with E-state index >= 15 is 0 Å². The highest BCUT2D eigenvalue weighted by Gasteiger charge is 2.24. The zero-order valence-corrected chi connectivity index (χ0v) is 11.1. The van der Waals surface area contributed by atoms with E-state index in [1.54, 1.807) is 0 Å². The first kappa shape index (κ1) is 14.9. The molecule has 2 rings (SSSR count). The molecule has 0 aliphatic carbocycles. The van der Waals surface area contributed by atoms with Gasteiger partial charge in [0.1, 0.15) is 10.7 Å². The summed E-state index contributed by atoms with van der Waals surface area (Å²) < 4.78 is 53.2. The number of anilines is 1. The van der Waals surface area contributed by atoms with Crippen molar-refractivity contribution in [3.8, 4) is 0 Å². The molecule has 1 aromatic heterocycles. The fourth-order valence-corrected chi connectivity index (χ4v) is 2.73. The van der Waals surface area contributed by atoms with Crippen LogP contribution in [0, 0.1) is 11.6 Å². The number of nitrogens with one attached hydrogen (secondary N) is 2. The summed E-state index contributed by atoms with van der Waals surface area (Å²) in [6.07, 6.45) is 2.84. The van der Waals surface area contributed by atoms with Gasteiger partial charge in [-0.15, -0.1) is 0 Å². The van der Waals surface area contributed by atoms with Crippen LogP contribution in [-0.4, -0.2) is 14.4 Å². The van der Waals surface area contributed by atoms with Gasteiger partial charge in [-0.25, -0.2) is 22.2 Å². The molecule has 0 fully saturated rings. The molecule has 0 saturated heterocycles. The lowest BCUT2D eigenvalue weighted by molar-refractivity contribution is -0.377. The summed E-state index contributed by atoms with van der Waals surface area (Å²) in [5, 5.41) is 10.7. The van der Waals surface area contributed by atoms with Crippen LogP contribution < -0.4 is 14.8 Å². The van der Waals surface area contributed by atoms with E-state index in [2.05, 4.69) is 4.98 Å². The third-order valence-corrected chi connectivity index (χ3v) is 3.92. The van der Waals surface area contributed by atoms with Crippen LogP contribution in [0.2, 0.25) is 0 Å². The van der Waals surface area contributed by atoms with Gasteiger partial charge in [-0.3, -0.25) is 4.72 Å². The Kier molecular flexibility index (Phi) is 3.85. The van der Waals surface area contributed by atoms with Crippen molar-refractivity contribution in [2.24, 2.45) is 0 Å². The van der Waals surface area contributed by atoms with Gasteiger partial charge in [-0.2, -0.15) is 0 Å². The van der Waals surface area contributed by atoms with Crippen molar-refractivity contribution in [2.45, 2.75) is 4.90 Å². The fraction of sp³-hybridized carbons (Fsp3) is 0. The van der Waals surface area contributed by atoms with E-state index in [9.17, 15) is 27.1 Å². The molecule has 9 heteroatoms. The number of aromatic amines is 1. The summed E-state index contributed by atoms with van der Waals surface area (Å²) >= 11 is 0. The van der Waals surface area contributed by atoms with Crippen LogP contribution in [-0.2, 0) is 10.0 Å². The van der Waals surface area contributed by atoms with Crippen molar-refractivity contribution in [3.63, 3.8) is 0 Å². The number of rotatable bonds is 4. The molecule has 0 radical (unpaired) electrons. The maximum absolute atomic E-state index is 13.9. The Morgan fingerprint density at radius 1 is 1.14 bits per heavy atom. The maximum atomic E-state index is 13.9. The standard InChI is InChI=1S/C12H8F2N2O4S/c13-8-1-2-9(11(14)10(8)12(17)18)21(19,20)16-7-3-5-15-6-4-7/h1-6H,(H,15,16)(H,17,18). The summed E-state index contributed by atoms with van der Waals surface area (Å²) in [5.74, 6) is -5.28. The third kappa shape index (κ3) is 2.97. The summed E-state index contributed by atoms with van der Waals surface area (Å²) in [5.41, 5.74) is -1.31. The minimum absolute atomic E-state index is 0.118. The lowest BCUT2D eigenvalue weighted by Crippen LogP contribution is -2.26. The molecule has 0 bridgehead atoms. The second-order valence-corrected chi connectivity index (χ2v) is 5.57. The highest BCUT2D eigenvalue weighted by molar-refractivity contribution is 7.92. The van der Waals surface area contributed by atoms with Crippen LogP contribution in [0.25, 0.3) is 0 Å². The Hall–Kier alpha value is -2.55. The molecular weight excluding hydrogens is 306 g/mol. The van der Waals surface area contributed by atoms with E-state index in [0.717, 1.165) is 0 Å². The molecule has 2 N–H and O–H groups in total. The Morgan fingerprint density at radius 2 is 1.76 bits per heavy atom. The van der Waals surface area contributed by atoms with Crippen molar-refractivity contribution in [1.29, 1.82) is 0 Å². The summed E-state index contributed by atoms with van der Waals surface area (Å²) in [6, 6.07) is 3.90. The van der Waals surface area contributed by atoms with Crippen molar-refractivity contribution in [3.05, 3.63) is 53.9 Å². The van der Waals surface area contributed by atoms with Crippen molar-refractivity contribution >= 4 is 21.7 Å². The number of carboxylic acids is 1. The molecule has 0 atom stereocenters. The molecule has 0 spiro atoms. The number of pyridine rings is 1. The molecule has 0 aliphatic rings. The van der Waals surface area contributed by atoms with Gasteiger partial charge in [0.15, 0.2) is 18.2 Å². The normalized spacial score (nSPS) is 11.1. The molecule has 1 aromatic carbocycles. The number of hydrogen-bond donors (Lipinski definition) is 1. The van der Waals surface area contributed by atoms with Gasteiger partial charge >= 0.3 is 0 Å². The Bertz CT molecular complexity index is 794. The van der Waals surface area contributed by atoms with Gasteiger partial charge in [-0.1, -0.05) is 0 Å². The number of halogens is 2. The van der Waals surface area contributed by atoms with Gasteiger partial charge < -0.3 is 9.90 Å². The van der Waals surface area contributed by atoms with Gasteiger partial charge in [0.05, 0.1) is 17.2 Å². The van der Waals surface area contributed by atoms with Crippen LogP contribution in [0.3, 0.4) is 0 Å². The minimum atomic E-state index is -4.41. The molecule has 0 unspecified atom stereocenters. The van der Waals surface area contributed by atoms with Crippen LogP contribution in [0.15, 0.2) is 41.6 Å². The van der Waals surface area contributed by atoms with Crippen LogP contribution in [0.4, 0.5) is 14.5 Å². The van der Waals surface area contributed by atoms with Gasteiger partial charge in [-0.05, 0) is 12.1 Å². The van der Waals surface area contributed by atoms with E-state index in [1.165, 1.54) is 24.5 Å². The highest BCUT2D eigenvalue weighted by Crippen LogP contribution is 2.22. The molecule has 0 aliphatic heterocycles. The first-order valence-electron chi connectivity index (χ1n) is 5.51. The maximum Gasteiger partial charge on any atom is 0.264 e. The number of sulfonamides is 1. The number of carbonyl (C=O) groups is 1. The molecule has 2 aromatic rings. The van der Waals surface area contributed by atoms with E-state index in [-0.39, 0.29) is 5.69 Å². The first-order valence-corrected chi connectivity index (χ1v) is 6.99. The number of benzene rings is 1. The van der Waals surface area contributed by atoms with Gasteiger partial charge in [0.25, 0.3) is 10.0 Å². The monoisotopic (exact) mass is 314 g/mol. The van der Waals surface area contributed by atoms with E-state index in [0.29, 0.717) is 12.1 Å². The number of carboxylic acid groups (broad SMARTS) is 1. The third-order valence-electron chi connectivity index (χ3n) is 2.52. The lowest BCUT2D eigenvalue weighted by Gasteiger charge is -2.12. The molecule has 0 saturated carbocycles. The number of H-pyrrole nitrogens is 1. The predicted octanol–water partition coefficient (Wildman–Crippen LogP) is -0.0568. The second-order valence-electron chi connectivity index (χ2n) is 3.92. The molecular formula is C12H8F2N2O4S. The summed E-state index contributed by atoms with van der Waals surface area (Å²) in [7, 11) is -4.41. The summed E-state index contributed by atoms with van der Waals surface area (Å²) in [6.45, 7) is 0. The zero-order chi connectivity index (χ0) is 15.6. The van der Waals surface area contributed by atoms with E-state index < -0.39 is 38.1 Å². The van der Waals surface area contributed by atoms with Gasteiger partial charge in [0.2, 0.25) is 0 Å². The van der Waals surface area contributed by atoms with Crippen molar-refractivity contribution < 1.29 is 32.1 Å². The second kappa shape index (κ2) is 5.44. The van der Waals surface area contributed by atoms with Crippen LogP contribution >= 0.6 is 0 Å². The predicted molar refractivity (Wildman–Crippen MR) is 64.5 cm³/mol. The SMILES string of the molecule is O=C([O-])c1c(F)ccc(S(=O)(=O)Nc2cc[nH+]cc2)c1F. The van der Waals surface area contributed by atoms with Crippen LogP contribution in [0.1, 0.15) is 10.4 Å². The first-order chi connectivity index (χ1) is 9.83. The fourth-order valence-electron chi connectivity index (χ4n) is 1.59. The lowest BCUT2D eigenvalue weighted by atomic mass is 10.2. The van der Waals surface area contributed by atoms with Crippen LogP contribution in [0.5, 0.6) is 0 Å². The molecule has 110 valence electrons. The zero-order valence-electron chi connectivity index (χ0n) is 10.3. The largest absolute Gasteiger partial charge is 0.545 e. The number of carbonyl (C=O) groups excluding carboxylic acids is 1. The molecule has 6 nitrogen and oxygen atoms in total. The van der Waals surface area contributed by atoms with Gasteiger partial charge in [0, 0.05) is 12.1 Å². The quantitative estimate of drug-likeness (QED) is 0.854. The van der Waals surface area contributed by atoms with E-state index in [1.807, 2.05) is 4.72 Å². The van der Waals surface area contributed by atoms with E-state index in [4.69, 9.17) is 0 Å². The summed E-state index contributed by atoms with van der Waals surface area (Å²) in [4.78, 5) is 12.3. The molecule has 0 amide bonds. The number of aromatic carboxylic acids is 1. The topological polar surface area (TPSA) is 100 Å². The smallest absolute Gasteiger partial charge is 0.264 e.